The van der Waals surface area contributed by atoms with Crippen molar-refractivity contribution in [1.82, 2.24) is 9.80 Å². The third-order valence-corrected chi connectivity index (χ3v) is 7.02. The summed E-state index contributed by atoms with van der Waals surface area (Å²) in [4.78, 5) is 18.2. The van der Waals surface area contributed by atoms with Crippen molar-refractivity contribution < 1.29 is 13.9 Å². The summed E-state index contributed by atoms with van der Waals surface area (Å²) in [5, 5.41) is 10.6. The molecule has 1 amide bonds. The lowest BCUT2D eigenvalue weighted by atomic mass is 10.1. The molecule has 1 aromatic heterocycles. The zero-order chi connectivity index (χ0) is 21.1. The molecule has 0 spiro atoms. The molecule has 2 fully saturated rings. The van der Waals surface area contributed by atoms with Gasteiger partial charge in [0.2, 0.25) is 0 Å². The number of halogens is 1. The second kappa shape index (κ2) is 9.15. The highest BCUT2D eigenvalue weighted by molar-refractivity contribution is 7.10. The van der Waals surface area contributed by atoms with E-state index in [0.717, 1.165) is 30.8 Å². The van der Waals surface area contributed by atoms with Crippen LogP contribution in [0.1, 0.15) is 53.4 Å². The van der Waals surface area contributed by atoms with E-state index in [1.807, 2.05) is 4.90 Å². The van der Waals surface area contributed by atoms with E-state index < -0.39 is 5.82 Å². The number of amides is 1. The number of carbonyl (C=O) groups excluding carboxylic acids is 1. The lowest BCUT2D eigenvalue weighted by Gasteiger charge is -2.31. The maximum Gasteiger partial charge on any atom is 0.257 e. The molecular formula is C23H26FN3O2S. The highest BCUT2D eigenvalue weighted by Gasteiger charge is 2.33. The highest BCUT2D eigenvalue weighted by atomic mass is 32.1. The van der Waals surface area contributed by atoms with Gasteiger partial charge in [-0.2, -0.15) is 5.26 Å². The summed E-state index contributed by atoms with van der Waals surface area (Å²) in [6.07, 6.45) is 4.36. The van der Waals surface area contributed by atoms with Crippen molar-refractivity contribution in [2.24, 2.45) is 0 Å². The van der Waals surface area contributed by atoms with Crippen molar-refractivity contribution in [2.45, 2.75) is 51.3 Å². The first-order valence-electron chi connectivity index (χ1n) is 10.5. The van der Waals surface area contributed by atoms with E-state index in [-0.39, 0.29) is 24.1 Å². The molecule has 0 saturated carbocycles. The minimum Gasteiger partial charge on any atom is -0.488 e. The van der Waals surface area contributed by atoms with Crippen LogP contribution in [0.3, 0.4) is 0 Å². The van der Waals surface area contributed by atoms with Crippen molar-refractivity contribution in [3.63, 3.8) is 0 Å². The normalized spacial score (nSPS) is 21.7. The molecule has 5 nitrogen and oxygen atoms in total. The monoisotopic (exact) mass is 427 g/mol. The zero-order valence-electron chi connectivity index (χ0n) is 17.1. The minimum atomic E-state index is -0.554. The van der Waals surface area contributed by atoms with Crippen LogP contribution in [0.25, 0.3) is 0 Å². The maximum atomic E-state index is 14.8. The Hall–Kier alpha value is -2.43. The molecule has 2 saturated heterocycles. The predicted octanol–water partition coefficient (Wildman–Crippen LogP) is 4.43. The summed E-state index contributed by atoms with van der Waals surface area (Å²) in [6, 6.07) is 8.99. The third kappa shape index (κ3) is 4.50. The SMILES string of the molecule is C[C@H]1CCCN1CC1CCCN1C(=O)c1ccc(OCc2cc(C#N)cs2)cc1F. The molecule has 0 N–H and O–H groups in total. The van der Waals surface area contributed by atoms with Crippen molar-refractivity contribution in [3.05, 3.63) is 51.5 Å². The van der Waals surface area contributed by atoms with Crippen LogP contribution in [0, 0.1) is 17.1 Å². The van der Waals surface area contributed by atoms with Crippen LogP contribution < -0.4 is 4.74 Å². The van der Waals surface area contributed by atoms with Gasteiger partial charge in [0.05, 0.1) is 11.1 Å². The summed E-state index contributed by atoms with van der Waals surface area (Å²) in [5.41, 5.74) is 0.695. The van der Waals surface area contributed by atoms with Gasteiger partial charge in [-0.15, -0.1) is 11.3 Å². The largest absolute Gasteiger partial charge is 0.488 e. The maximum absolute atomic E-state index is 14.8. The fraction of sp³-hybridized carbons (Fsp3) is 0.478. The van der Waals surface area contributed by atoms with Gasteiger partial charge in [0, 0.05) is 41.5 Å². The number of benzene rings is 1. The number of thiophene rings is 1. The lowest BCUT2D eigenvalue weighted by molar-refractivity contribution is 0.0692. The van der Waals surface area contributed by atoms with Gasteiger partial charge in [-0.25, -0.2) is 4.39 Å². The average Bonchev–Trinajstić information content (AvgIpc) is 3.48. The number of nitrogens with zero attached hydrogens (tertiary/aromatic N) is 3. The van der Waals surface area contributed by atoms with Gasteiger partial charge in [-0.1, -0.05) is 0 Å². The molecule has 158 valence electrons. The lowest BCUT2D eigenvalue weighted by Crippen LogP contribution is -2.44. The van der Waals surface area contributed by atoms with Crippen molar-refractivity contribution in [1.29, 1.82) is 5.26 Å². The molecule has 2 aliphatic rings. The fourth-order valence-corrected chi connectivity index (χ4v) is 5.13. The second-order valence-electron chi connectivity index (χ2n) is 8.12. The summed E-state index contributed by atoms with van der Waals surface area (Å²) in [5.74, 6) is -0.410. The van der Waals surface area contributed by atoms with Gasteiger partial charge in [0.25, 0.3) is 5.91 Å². The molecule has 4 rings (SSSR count). The van der Waals surface area contributed by atoms with Gasteiger partial charge in [-0.3, -0.25) is 9.69 Å². The van der Waals surface area contributed by atoms with E-state index in [1.54, 1.807) is 17.5 Å². The van der Waals surface area contributed by atoms with E-state index in [1.165, 1.54) is 36.3 Å². The van der Waals surface area contributed by atoms with E-state index >= 15 is 0 Å². The number of nitriles is 1. The number of ether oxygens (including phenoxy) is 1. The van der Waals surface area contributed by atoms with Gasteiger partial charge in [0.15, 0.2) is 0 Å². The molecule has 30 heavy (non-hydrogen) atoms. The number of carbonyl (C=O) groups is 1. The number of rotatable bonds is 6. The van der Waals surface area contributed by atoms with Gasteiger partial charge in [-0.05, 0) is 57.4 Å². The molecule has 2 aromatic rings. The van der Waals surface area contributed by atoms with E-state index in [9.17, 15) is 9.18 Å². The van der Waals surface area contributed by atoms with Crippen LogP contribution in [0.4, 0.5) is 4.39 Å². The number of likely N-dealkylation sites (tertiary alicyclic amines) is 2. The molecule has 1 aromatic carbocycles. The first kappa shape index (κ1) is 20.8. The fourth-order valence-electron chi connectivity index (χ4n) is 4.41. The van der Waals surface area contributed by atoms with Crippen molar-refractivity contribution in [3.8, 4) is 11.8 Å². The minimum absolute atomic E-state index is 0.103. The summed E-state index contributed by atoms with van der Waals surface area (Å²) in [7, 11) is 0. The molecule has 7 heteroatoms. The molecule has 2 atom stereocenters. The Labute approximate surface area is 180 Å². The first-order chi connectivity index (χ1) is 14.5. The summed E-state index contributed by atoms with van der Waals surface area (Å²) >= 11 is 1.43. The Morgan fingerprint density at radius 1 is 1.30 bits per heavy atom. The van der Waals surface area contributed by atoms with Crippen molar-refractivity contribution >= 4 is 17.2 Å². The van der Waals surface area contributed by atoms with Crippen LogP contribution in [0.2, 0.25) is 0 Å². The number of hydrogen-bond acceptors (Lipinski definition) is 5. The zero-order valence-corrected chi connectivity index (χ0v) is 18.0. The summed E-state index contributed by atoms with van der Waals surface area (Å²) in [6.45, 7) is 5.15. The standard InChI is InChI=1S/C23H26FN3O2S/c1-16-4-2-8-26(16)13-18-5-3-9-27(18)23(28)21-7-6-19(11-22(21)24)29-14-20-10-17(12-25)15-30-20/h6-7,10-11,15-16,18H,2-5,8-9,13-14H2,1H3/t16-,18?/m0/s1. The predicted molar refractivity (Wildman–Crippen MR) is 114 cm³/mol. The van der Waals surface area contributed by atoms with Crippen LogP contribution in [-0.2, 0) is 6.61 Å². The van der Waals surface area contributed by atoms with Crippen molar-refractivity contribution in [2.75, 3.05) is 19.6 Å². The molecule has 3 heterocycles. The Morgan fingerprint density at radius 2 is 2.13 bits per heavy atom. The van der Waals surface area contributed by atoms with Crippen LogP contribution >= 0.6 is 11.3 Å². The molecule has 0 radical (unpaired) electrons. The molecule has 2 aliphatic heterocycles. The van der Waals surface area contributed by atoms with Crippen LogP contribution in [-0.4, -0.2) is 47.4 Å². The topological polar surface area (TPSA) is 56.6 Å². The molecule has 0 bridgehead atoms. The van der Waals surface area contributed by atoms with Crippen LogP contribution in [0.5, 0.6) is 5.75 Å². The third-order valence-electron chi connectivity index (χ3n) is 6.11. The Morgan fingerprint density at radius 3 is 2.83 bits per heavy atom. The Bertz CT molecular complexity index is 954. The summed E-state index contributed by atoms with van der Waals surface area (Å²) < 4.78 is 20.4. The molecular weight excluding hydrogens is 401 g/mol. The van der Waals surface area contributed by atoms with E-state index in [2.05, 4.69) is 17.9 Å². The quantitative estimate of drug-likeness (QED) is 0.685. The van der Waals surface area contributed by atoms with E-state index in [4.69, 9.17) is 10.00 Å². The first-order valence-corrected chi connectivity index (χ1v) is 11.4. The molecule has 1 unspecified atom stereocenters. The van der Waals surface area contributed by atoms with Gasteiger partial charge >= 0.3 is 0 Å². The van der Waals surface area contributed by atoms with Crippen LogP contribution in [0.15, 0.2) is 29.6 Å². The Balaban J connectivity index is 1.40. The molecule has 0 aliphatic carbocycles. The highest BCUT2D eigenvalue weighted by Crippen LogP contribution is 2.27. The average molecular weight is 428 g/mol. The van der Waals surface area contributed by atoms with Gasteiger partial charge < -0.3 is 9.64 Å². The Kier molecular flexibility index (Phi) is 6.35. The second-order valence-corrected chi connectivity index (χ2v) is 9.12. The number of hydrogen-bond donors (Lipinski definition) is 0. The smallest absolute Gasteiger partial charge is 0.257 e. The van der Waals surface area contributed by atoms with Gasteiger partial charge in [0.1, 0.15) is 24.2 Å². The van der Waals surface area contributed by atoms with E-state index in [0.29, 0.717) is 23.9 Å².